The summed E-state index contributed by atoms with van der Waals surface area (Å²) in [6.45, 7) is 2.07. The molecule has 0 radical (unpaired) electrons. The molecule has 4 rings (SSSR count). The highest BCUT2D eigenvalue weighted by Crippen LogP contribution is 2.29. The number of nitrogens with one attached hydrogen (secondary N) is 2. The Morgan fingerprint density at radius 3 is 2.81 bits per heavy atom. The zero-order valence-corrected chi connectivity index (χ0v) is 14.7. The van der Waals surface area contributed by atoms with Crippen LogP contribution in [0.3, 0.4) is 0 Å². The van der Waals surface area contributed by atoms with Gasteiger partial charge in [0.1, 0.15) is 0 Å². The number of rotatable bonds is 4. The zero-order chi connectivity index (χ0) is 18.1. The molecule has 2 heterocycles. The number of carbonyl (C=O) groups excluding carboxylic acids is 1. The second-order valence-electron chi connectivity index (χ2n) is 7.43. The molecule has 0 unspecified atom stereocenters. The van der Waals surface area contributed by atoms with Crippen LogP contribution in [0.5, 0.6) is 0 Å². The highest BCUT2D eigenvalue weighted by molar-refractivity contribution is 5.97. The number of aromatic nitrogens is 2. The summed E-state index contributed by atoms with van der Waals surface area (Å²) in [5.74, 6) is 0.249. The summed E-state index contributed by atoms with van der Waals surface area (Å²) < 4.78 is 7.10. The van der Waals surface area contributed by atoms with E-state index in [0.29, 0.717) is 30.1 Å². The number of benzene rings is 1. The summed E-state index contributed by atoms with van der Waals surface area (Å²) in [4.78, 5) is 27.7. The fraction of sp³-hybridized carbons (Fsp3) is 0.579. The van der Waals surface area contributed by atoms with Crippen LogP contribution in [0, 0.1) is 5.92 Å². The van der Waals surface area contributed by atoms with Gasteiger partial charge in [0.25, 0.3) is 5.91 Å². The number of nitrogens with zero attached hydrogens (tertiary/aromatic N) is 1. The van der Waals surface area contributed by atoms with Gasteiger partial charge in [-0.25, -0.2) is 4.79 Å². The molecule has 1 atom stereocenters. The molecule has 7 heteroatoms. The number of carbonyl (C=O) groups is 1. The average Bonchev–Trinajstić information content (AvgIpc) is 3.27. The van der Waals surface area contributed by atoms with E-state index in [1.54, 1.807) is 16.7 Å². The number of imidazole rings is 1. The van der Waals surface area contributed by atoms with E-state index in [1.807, 2.05) is 6.07 Å². The molecule has 1 amide bonds. The lowest BCUT2D eigenvalue weighted by atomic mass is 9.93. The Balaban J connectivity index is 1.52. The van der Waals surface area contributed by atoms with Gasteiger partial charge in [0.05, 0.1) is 23.7 Å². The Morgan fingerprint density at radius 1 is 1.27 bits per heavy atom. The quantitative estimate of drug-likeness (QED) is 0.772. The molecule has 1 saturated carbocycles. The van der Waals surface area contributed by atoms with Crippen LogP contribution in [0.15, 0.2) is 23.0 Å². The van der Waals surface area contributed by atoms with Crippen LogP contribution in [0.25, 0.3) is 11.0 Å². The van der Waals surface area contributed by atoms with E-state index in [1.165, 1.54) is 0 Å². The minimum absolute atomic E-state index is 0.0988. The van der Waals surface area contributed by atoms with Crippen molar-refractivity contribution < 1.29 is 14.6 Å². The van der Waals surface area contributed by atoms with Crippen molar-refractivity contribution in [1.82, 2.24) is 14.9 Å². The molecular weight excluding hydrogens is 334 g/mol. The number of ether oxygens (including phenoxy) is 1. The Morgan fingerprint density at radius 2 is 2.08 bits per heavy atom. The van der Waals surface area contributed by atoms with E-state index in [0.717, 1.165) is 44.2 Å². The monoisotopic (exact) mass is 359 g/mol. The molecule has 1 aliphatic carbocycles. The van der Waals surface area contributed by atoms with Gasteiger partial charge in [0, 0.05) is 30.7 Å². The van der Waals surface area contributed by atoms with Gasteiger partial charge < -0.3 is 20.1 Å². The highest BCUT2D eigenvalue weighted by Gasteiger charge is 2.24. The maximum atomic E-state index is 12.4. The minimum Gasteiger partial charge on any atom is -0.393 e. The van der Waals surface area contributed by atoms with Crippen molar-refractivity contribution in [1.29, 1.82) is 0 Å². The molecule has 2 aliphatic rings. The first-order valence-electron chi connectivity index (χ1n) is 9.40. The summed E-state index contributed by atoms with van der Waals surface area (Å²) in [7, 11) is 0. The average molecular weight is 359 g/mol. The fourth-order valence-electron chi connectivity index (χ4n) is 4.03. The lowest BCUT2D eigenvalue weighted by Gasteiger charge is -2.26. The Hall–Kier alpha value is -2.12. The van der Waals surface area contributed by atoms with E-state index in [2.05, 4.69) is 10.3 Å². The molecule has 2 aromatic rings. The number of hydrogen-bond acceptors (Lipinski definition) is 4. The normalized spacial score (nSPS) is 26.3. The van der Waals surface area contributed by atoms with Gasteiger partial charge in [-0.3, -0.25) is 9.36 Å². The number of fused-ring (bicyclic) bond motifs is 1. The van der Waals surface area contributed by atoms with Crippen LogP contribution in [0.2, 0.25) is 0 Å². The fourth-order valence-corrected chi connectivity index (χ4v) is 4.03. The number of aromatic amines is 1. The third-order valence-electron chi connectivity index (χ3n) is 5.59. The van der Waals surface area contributed by atoms with Crippen molar-refractivity contribution in [3.8, 4) is 0 Å². The second-order valence-corrected chi connectivity index (χ2v) is 7.43. The summed E-state index contributed by atoms with van der Waals surface area (Å²) in [5.41, 5.74) is 1.89. The summed E-state index contributed by atoms with van der Waals surface area (Å²) in [6, 6.07) is 5.45. The predicted molar refractivity (Wildman–Crippen MR) is 97.3 cm³/mol. The summed E-state index contributed by atoms with van der Waals surface area (Å²) in [5, 5.41) is 12.6. The largest absolute Gasteiger partial charge is 0.393 e. The van der Waals surface area contributed by atoms with Crippen LogP contribution in [0.4, 0.5) is 0 Å². The van der Waals surface area contributed by atoms with Gasteiger partial charge in [0.2, 0.25) is 0 Å². The first-order valence-corrected chi connectivity index (χ1v) is 9.40. The third-order valence-corrected chi connectivity index (χ3v) is 5.59. The molecular formula is C19H25N3O4. The Bertz CT molecular complexity index is 842. The number of aliphatic hydroxyl groups is 1. The maximum Gasteiger partial charge on any atom is 0.326 e. The Kier molecular flexibility index (Phi) is 4.82. The SMILES string of the molecule is O=C(NC[C@@H]1CCOC1)c1ccc2c(c1)[nH]c(=O)n2C1CCC(O)CC1. The van der Waals surface area contributed by atoms with E-state index in [4.69, 9.17) is 4.74 Å². The number of H-pyrrole nitrogens is 1. The standard InChI is InChI=1S/C19H25N3O4/c23-15-4-2-14(3-5-15)22-17-6-1-13(9-16(17)21-19(22)25)18(24)20-10-12-7-8-26-11-12/h1,6,9,12,14-15,23H,2-5,7-8,10-11H2,(H,20,24)(H,21,25)/t12-,14?,15?/m0/s1. The topological polar surface area (TPSA) is 96.4 Å². The molecule has 1 saturated heterocycles. The molecule has 140 valence electrons. The Labute approximate surface area is 151 Å². The molecule has 1 aromatic heterocycles. The van der Waals surface area contributed by atoms with Crippen molar-refractivity contribution >= 4 is 16.9 Å². The first kappa shape index (κ1) is 17.3. The predicted octanol–water partition coefficient (Wildman–Crippen LogP) is 1.57. The number of aliphatic hydroxyl groups excluding tert-OH is 1. The minimum atomic E-state index is -0.257. The highest BCUT2D eigenvalue weighted by atomic mass is 16.5. The first-order chi connectivity index (χ1) is 12.6. The molecule has 0 bridgehead atoms. The molecule has 7 nitrogen and oxygen atoms in total. The van der Waals surface area contributed by atoms with Crippen molar-refractivity contribution in [2.24, 2.45) is 5.92 Å². The summed E-state index contributed by atoms with van der Waals surface area (Å²) >= 11 is 0. The van der Waals surface area contributed by atoms with Gasteiger partial charge in [0.15, 0.2) is 0 Å². The molecule has 0 spiro atoms. The van der Waals surface area contributed by atoms with Gasteiger partial charge in [-0.1, -0.05) is 0 Å². The van der Waals surface area contributed by atoms with Crippen molar-refractivity contribution in [3.63, 3.8) is 0 Å². The van der Waals surface area contributed by atoms with Gasteiger partial charge in [-0.15, -0.1) is 0 Å². The van der Waals surface area contributed by atoms with E-state index in [-0.39, 0.29) is 23.7 Å². The zero-order valence-electron chi connectivity index (χ0n) is 14.7. The van der Waals surface area contributed by atoms with Crippen LogP contribution in [-0.2, 0) is 4.74 Å². The van der Waals surface area contributed by atoms with Crippen molar-refractivity contribution in [2.45, 2.75) is 44.2 Å². The number of hydrogen-bond donors (Lipinski definition) is 3. The molecule has 1 aromatic carbocycles. The van der Waals surface area contributed by atoms with Crippen LogP contribution < -0.4 is 11.0 Å². The van der Waals surface area contributed by atoms with Gasteiger partial charge in [-0.2, -0.15) is 0 Å². The molecule has 26 heavy (non-hydrogen) atoms. The second kappa shape index (κ2) is 7.25. The van der Waals surface area contributed by atoms with Crippen LogP contribution >= 0.6 is 0 Å². The molecule has 3 N–H and O–H groups in total. The van der Waals surface area contributed by atoms with E-state index >= 15 is 0 Å². The van der Waals surface area contributed by atoms with Crippen molar-refractivity contribution in [3.05, 3.63) is 34.2 Å². The molecule has 2 fully saturated rings. The maximum absolute atomic E-state index is 12.4. The van der Waals surface area contributed by atoms with Crippen LogP contribution in [0.1, 0.15) is 48.5 Å². The number of amides is 1. The lowest BCUT2D eigenvalue weighted by Crippen LogP contribution is -2.29. The van der Waals surface area contributed by atoms with E-state index < -0.39 is 0 Å². The third kappa shape index (κ3) is 3.41. The van der Waals surface area contributed by atoms with Gasteiger partial charge >= 0.3 is 5.69 Å². The summed E-state index contributed by atoms with van der Waals surface area (Å²) in [6.07, 6.45) is 3.74. The smallest absolute Gasteiger partial charge is 0.326 e. The lowest BCUT2D eigenvalue weighted by molar-refractivity contribution is 0.0945. The molecule has 1 aliphatic heterocycles. The van der Waals surface area contributed by atoms with Crippen LogP contribution in [-0.4, -0.2) is 46.4 Å². The van der Waals surface area contributed by atoms with E-state index in [9.17, 15) is 14.7 Å². The van der Waals surface area contributed by atoms with Gasteiger partial charge in [-0.05, 0) is 50.3 Å². The van der Waals surface area contributed by atoms with Crippen molar-refractivity contribution in [2.75, 3.05) is 19.8 Å².